The topological polar surface area (TPSA) is 39.2 Å². The van der Waals surface area contributed by atoms with E-state index >= 15 is 0 Å². The van der Waals surface area contributed by atoms with Crippen LogP contribution in [-0.2, 0) is 22.1 Å². The van der Waals surface area contributed by atoms with Gasteiger partial charge in [0.1, 0.15) is 6.10 Å². The van der Waals surface area contributed by atoms with Crippen molar-refractivity contribution >= 4 is 5.97 Å². The van der Waals surface area contributed by atoms with Gasteiger partial charge in [0.05, 0.1) is 11.0 Å². The SMILES string of the molecule is C[C@H]1OC(=O)[C@]2(C)C[C@]3(C)CCCC[C@H]3[C@H](CCc3ccc(-c4cccc(C(F)(F)F)c4)cn3)[C@H]12. The van der Waals surface area contributed by atoms with Crippen LogP contribution in [0.25, 0.3) is 11.1 Å². The lowest BCUT2D eigenvalue weighted by atomic mass is 9.46. The zero-order chi connectivity index (χ0) is 25.0. The molecule has 3 nitrogen and oxygen atoms in total. The van der Waals surface area contributed by atoms with Crippen LogP contribution >= 0.6 is 0 Å². The highest BCUT2D eigenvalue weighted by molar-refractivity contribution is 5.79. The fraction of sp³-hybridized carbons (Fsp3) is 0.586. The van der Waals surface area contributed by atoms with Crippen molar-refractivity contribution in [3.8, 4) is 11.1 Å². The number of ether oxygens (including phenoxy) is 1. The maximum absolute atomic E-state index is 13.1. The molecule has 2 aliphatic carbocycles. The van der Waals surface area contributed by atoms with Gasteiger partial charge in [0.15, 0.2) is 0 Å². The van der Waals surface area contributed by atoms with Crippen molar-refractivity contribution in [2.45, 2.75) is 78.0 Å². The predicted octanol–water partition coefficient (Wildman–Crippen LogP) is 7.48. The van der Waals surface area contributed by atoms with Gasteiger partial charge in [-0.1, -0.05) is 38.0 Å². The number of pyridine rings is 1. The van der Waals surface area contributed by atoms with Crippen molar-refractivity contribution in [2.75, 3.05) is 0 Å². The van der Waals surface area contributed by atoms with E-state index in [9.17, 15) is 18.0 Å². The van der Waals surface area contributed by atoms with Gasteiger partial charge in [0.25, 0.3) is 0 Å². The van der Waals surface area contributed by atoms with E-state index in [1.165, 1.54) is 37.8 Å². The molecule has 188 valence electrons. The number of benzene rings is 1. The minimum Gasteiger partial charge on any atom is -0.462 e. The van der Waals surface area contributed by atoms with Gasteiger partial charge in [0.2, 0.25) is 0 Å². The molecule has 1 aromatic heterocycles. The lowest BCUT2D eigenvalue weighted by Gasteiger charge is -2.56. The van der Waals surface area contributed by atoms with E-state index in [-0.39, 0.29) is 23.4 Å². The van der Waals surface area contributed by atoms with Crippen LogP contribution < -0.4 is 0 Å². The molecule has 1 aliphatic heterocycles. The van der Waals surface area contributed by atoms with Crippen LogP contribution in [0.2, 0.25) is 0 Å². The molecule has 0 radical (unpaired) electrons. The van der Waals surface area contributed by atoms with E-state index in [0.717, 1.165) is 31.0 Å². The molecular formula is C29H34F3NO2. The standard InChI is InChI=1S/C29H34F3NO2/c1-18-25-23(24-9-4-5-14-27(24,2)17-28(25,3)26(34)35-18)13-12-22-11-10-20(16-33-22)19-7-6-8-21(15-19)29(30,31)32/h6-8,10-11,15-16,18,23-25H,4-5,9,12-14,17H2,1-3H3/t18-,23+,24+,25+,27+,28-/m1/s1. The van der Waals surface area contributed by atoms with Gasteiger partial charge in [-0.15, -0.1) is 0 Å². The first-order valence-corrected chi connectivity index (χ1v) is 12.8. The number of carbonyl (C=O) groups is 1. The number of hydrogen-bond donors (Lipinski definition) is 0. The average Bonchev–Trinajstić information content (AvgIpc) is 3.03. The number of aryl methyl sites for hydroxylation is 1. The summed E-state index contributed by atoms with van der Waals surface area (Å²) in [5.41, 5.74) is 1.20. The zero-order valence-corrected chi connectivity index (χ0v) is 20.7. The van der Waals surface area contributed by atoms with E-state index in [1.54, 1.807) is 12.3 Å². The fourth-order valence-electron chi connectivity index (χ4n) is 7.82. The van der Waals surface area contributed by atoms with Crippen molar-refractivity contribution in [3.05, 3.63) is 53.9 Å². The predicted molar refractivity (Wildman–Crippen MR) is 128 cm³/mol. The highest BCUT2D eigenvalue weighted by atomic mass is 19.4. The number of carbonyl (C=O) groups excluding carboxylic acids is 1. The Bertz CT molecular complexity index is 1100. The molecule has 0 bridgehead atoms. The van der Waals surface area contributed by atoms with Gasteiger partial charge >= 0.3 is 12.1 Å². The van der Waals surface area contributed by atoms with Crippen LogP contribution in [0.3, 0.4) is 0 Å². The van der Waals surface area contributed by atoms with Crippen LogP contribution in [0.5, 0.6) is 0 Å². The number of aromatic nitrogens is 1. The Morgan fingerprint density at radius 1 is 1.11 bits per heavy atom. The number of nitrogens with zero attached hydrogens (tertiary/aromatic N) is 1. The van der Waals surface area contributed by atoms with Crippen molar-refractivity contribution in [3.63, 3.8) is 0 Å². The lowest BCUT2D eigenvalue weighted by molar-refractivity contribution is -0.153. The summed E-state index contributed by atoms with van der Waals surface area (Å²) in [5.74, 6) is 1.16. The smallest absolute Gasteiger partial charge is 0.416 e. The summed E-state index contributed by atoms with van der Waals surface area (Å²) in [6, 6.07) is 9.15. The van der Waals surface area contributed by atoms with Gasteiger partial charge < -0.3 is 4.74 Å². The molecule has 6 atom stereocenters. The number of cyclic esters (lactones) is 1. The van der Waals surface area contributed by atoms with Gasteiger partial charge in [-0.2, -0.15) is 13.2 Å². The molecule has 1 saturated heterocycles. The molecule has 0 N–H and O–H groups in total. The van der Waals surface area contributed by atoms with Gasteiger partial charge in [-0.25, -0.2) is 0 Å². The van der Waals surface area contributed by atoms with Crippen molar-refractivity contribution in [2.24, 2.45) is 28.6 Å². The Morgan fingerprint density at radius 2 is 1.91 bits per heavy atom. The third-order valence-electron chi connectivity index (χ3n) is 9.24. The van der Waals surface area contributed by atoms with Crippen molar-refractivity contribution in [1.82, 2.24) is 4.98 Å². The van der Waals surface area contributed by atoms with Crippen LogP contribution in [0, 0.1) is 28.6 Å². The summed E-state index contributed by atoms with van der Waals surface area (Å²) in [6.45, 7) is 6.55. The maximum atomic E-state index is 13.1. The van der Waals surface area contributed by atoms with Crippen LogP contribution in [0.15, 0.2) is 42.6 Å². The van der Waals surface area contributed by atoms with Gasteiger partial charge in [-0.3, -0.25) is 9.78 Å². The van der Waals surface area contributed by atoms with Crippen molar-refractivity contribution < 1.29 is 22.7 Å². The molecule has 0 amide bonds. The summed E-state index contributed by atoms with van der Waals surface area (Å²) in [4.78, 5) is 17.5. The quantitative estimate of drug-likeness (QED) is 0.421. The van der Waals surface area contributed by atoms with E-state index in [4.69, 9.17) is 4.74 Å². The molecule has 5 rings (SSSR count). The highest BCUT2D eigenvalue weighted by Crippen LogP contribution is 2.64. The third kappa shape index (κ3) is 4.27. The highest BCUT2D eigenvalue weighted by Gasteiger charge is 2.64. The molecule has 2 aromatic rings. The van der Waals surface area contributed by atoms with Crippen LogP contribution in [0.1, 0.15) is 70.6 Å². The fourth-order valence-corrected chi connectivity index (χ4v) is 7.82. The molecule has 0 spiro atoms. The molecule has 1 aromatic carbocycles. The number of esters is 1. The van der Waals surface area contributed by atoms with E-state index in [1.807, 2.05) is 12.1 Å². The first-order valence-electron chi connectivity index (χ1n) is 12.8. The summed E-state index contributed by atoms with van der Waals surface area (Å²) in [7, 11) is 0. The number of halogens is 3. The minimum atomic E-state index is -4.37. The molecule has 6 heteroatoms. The number of fused-ring (bicyclic) bond motifs is 2. The molecule has 2 heterocycles. The van der Waals surface area contributed by atoms with Crippen LogP contribution in [-0.4, -0.2) is 17.1 Å². The number of hydrogen-bond acceptors (Lipinski definition) is 3. The summed E-state index contributed by atoms with van der Waals surface area (Å²) in [6.07, 6.45) is 4.72. The number of alkyl halides is 3. The second-order valence-electron chi connectivity index (χ2n) is 11.6. The Labute approximate surface area is 205 Å². The normalized spacial score (nSPS) is 34.7. The molecule has 35 heavy (non-hydrogen) atoms. The lowest BCUT2D eigenvalue weighted by Crippen LogP contribution is -2.53. The Morgan fingerprint density at radius 3 is 2.63 bits per heavy atom. The average molecular weight is 486 g/mol. The second kappa shape index (κ2) is 8.63. The molecular weight excluding hydrogens is 451 g/mol. The molecule has 3 fully saturated rings. The van der Waals surface area contributed by atoms with Crippen molar-refractivity contribution in [1.29, 1.82) is 0 Å². The minimum absolute atomic E-state index is 0.0335. The summed E-state index contributed by atoms with van der Waals surface area (Å²) in [5, 5.41) is 0. The van der Waals surface area contributed by atoms with E-state index < -0.39 is 17.2 Å². The molecule has 3 aliphatic rings. The summed E-state index contributed by atoms with van der Waals surface area (Å²) < 4.78 is 45.1. The Balaban J connectivity index is 1.36. The monoisotopic (exact) mass is 485 g/mol. The molecule has 0 unspecified atom stereocenters. The first kappa shape index (κ1) is 24.3. The zero-order valence-electron chi connectivity index (χ0n) is 20.7. The van der Waals surface area contributed by atoms with Gasteiger partial charge in [0, 0.05) is 23.4 Å². The number of rotatable bonds is 4. The molecule has 2 saturated carbocycles. The largest absolute Gasteiger partial charge is 0.462 e. The first-order chi connectivity index (χ1) is 16.5. The maximum Gasteiger partial charge on any atom is 0.416 e. The van der Waals surface area contributed by atoms with Gasteiger partial charge in [-0.05, 0) is 87.0 Å². The van der Waals surface area contributed by atoms with E-state index in [0.29, 0.717) is 23.0 Å². The Kier molecular flexibility index (Phi) is 6.00. The second-order valence-corrected chi connectivity index (χ2v) is 11.6. The summed E-state index contributed by atoms with van der Waals surface area (Å²) >= 11 is 0. The Hall–Kier alpha value is -2.37. The van der Waals surface area contributed by atoms with E-state index in [2.05, 4.69) is 25.8 Å². The third-order valence-corrected chi connectivity index (χ3v) is 9.24. The van der Waals surface area contributed by atoms with Crippen LogP contribution in [0.4, 0.5) is 13.2 Å².